The topological polar surface area (TPSA) is 81.5 Å². The van der Waals surface area contributed by atoms with Gasteiger partial charge < -0.3 is 10.1 Å². The van der Waals surface area contributed by atoms with Gasteiger partial charge in [0.25, 0.3) is 12.1 Å². The number of nitro groups is 1. The zero-order valence-electron chi connectivity index (χ0n) is 12.7. The third-order valence-electron chi connectivity index (χ3n) is 3.33. The Bertz CT molecular complexity index is 748. The number of halogens is 2. The van der Waals surface area contributed by atoms with Crippen LogP contribution < -0.4 is 5.32 Å². The van der Waals surface area contributed by atoms with Crippen molar-refractivity contribution in [3.8, 4) is 0 Å². The van der Waals surface area contributed by atoms with Crippen LogP contribution in [0.1, 0.15) is 27.9 Å². The molecule has 0 aromatic heterocycles. The Hall–Kier alpha value is -3.03. The Balaban J connectivity index is 2.15. The SMILES string of the molecule is COC(=O)c1cc(NCc2ccc(C(F)F)cc2)ccc1[N+](=O)[O-]. The van der Waals surface area contributed by atoms with Crippen molar-refractivity contribution in [3.05, 3.63) is 69.3 Å². The van der Waals surface area contributed by atoms with Gasteiger partial charge in [-0.3, -0.25) is 10.1 Å². The second-order valence-electron chi connectivity index (χ2n) is 4.88. The molecule has 24 heavy (non-hydrogen) atoms. The molecule has 2 aromatic carbocycles. The highest BCUT2D eigenvalue weighted by Crippen LogP contribution is 2.24. The van der Waals surface area contributed by atoms with E-state index in [0.717, 1.165) is 12.7 Å². The van der Waals surface area contributed by atoms with E-state index < -0.39 is 17.3 Å². The molecule has 0 spiro atoms. The number of ether oxygens (including phenoxy) is 1. The summed E-state index contributed by atoms with van der Waals surface area (Å²) in [5.74, 6) is -0.813. The molecule has 2 rings (SSSR count). The smallest absolute Gasteiger partial charge is 0.344 e. The number of carbonyl (C=O) groups is 1. The fourth-order valence-electron chi connectivity index (χ4n) is 2.06. The number of hydrogen-bond acceptors (Lipinski definition) is 5. The standard InChI is InChI=1S/C16H14F2N2O4/c1-24-16(21)13-8-12(6-7-14(13)20(22)23)19-9-10-2-4-11(5-3-10)15(17)18/h2-8,15,19H,9H2,1H3. The Morgan fingerprint density at radius 3 is 2.46 bits per heavy atom. The van der Waals surface area contributed by atoms with Gasteiger partial charge in [0.2, 0.25) is 0 Å². The predicted octanol–water partition coefficient (Wildman–Crippen LogP) is 3.93. The van der Waals surface area contributed by atoms with Gasteiger partial charge in [0.15, 0.2) is 0 Å². The summed E-state index contributed by atoms with van der Waals surface area (Å²) in [5.41, 5.74) is 0.632. The van der Waals surface area contributed by atoms with Crippen molar-refractivity contribution in [2.75, 3.05) is 12.4 Å². The minimum absolute atomic E-state index is 0.0675. The van der Waals surface area contributed by atoms with Crippen LogP contribution in [-0.4, -0.2) is 18.0 Å². The van der Waals surface area contributed by atoms with Gasteiger partial charge in [-0.25, -0.2) is 13.6 Å². The van der Waals surface area contributed by atoms with E-state index in [0.29, 0.717) is 12.2 Å². The van der Waals surface area contributed by atoms with Gasteiger partial charge in [0, 0.05) is 23.9 Å². The molecule has 0 aliphatic rings. The monoisotopic (exact) mass is 336 g/mol. The van der Waals surface area contributed by atoms with E-state index >= 15 is 0 Å². The number of esters is 1. The van der Waals surface area contributed by atoms with Gasteiger partial charge in [0.05, 0.1) is 12.0 Å². The molecule has 0 aliphatic heterocycles. The molecular weight excluding hydrogens is 322 g/mol. The molecule has 126 valence electrons. The van der Waals surface area contributed by atoms with E-state index in [-0.39, 0.29) is 16.8 Å². The Morgan fingerprint density at radius 2 is 1.92 bits per heavy atom. The summed E-state index contributed by atoms with van der Waals surface area (Å²) in [6.45, 7) is 0.307. The lowest BCUT2D eigenvalue weighted by molar-refractivity contribution is -0.385. The fourth-order valence-corrected chi connectivity index (χ4v) is 2.06. The highest BCUT2D eigenvalue weighted by atomic mass is 19.3. The number of nitrogens with zero attached hydrogens (tertiary/aromatic N) is 1. The van der Waals surface area contributed by atoms with E-state index in [4.69, 9.17) is 0 Å². The van der Waals surface area contributed by atoms with Gasteiger partial charge in [0.1, 0.15) is 5.56 Å². The maximum absolute atomic E-state index is 12.5. The number of rotatable bonds is 6. The lowest BCUT2D eigenvalue weighted by Gasteiger charge is -2.09. The fraction of sp³-hybridized carbons (Fsp3) is 0.188. The quantitative estimate of drug-likeness (QED) is 0.491. The highest BCUT2D eigenvalue weighted by molar-refractivity contribution is 5.95. The number of benzene rings is 2. The molecule has 0 atom stereocenters. The van der Waals surface area contributed by atoms with Crippen molar-refractivity contribution < 1.29 is 23.2 Å². The maximum Gasteiger partial charge on any atom is 0.344 e. The summed E-state index contributed by atoms with van der Waals surface area (Å²) >= 11 is 0. The van der Waals surface area contributed by atoms with Crippen LogP contribution in [-0.2, 0) is 11.3 Å². The maximum atomic E-state index is 12.5. The molecule has 8 heteroatoms. The molecule has 0 saturated carbocycles. The van der Waals surface area contributed by atoms with Gasteiger partial charge in [-0.1, -0.05) is 24.3 Å². The van der Waals surface area contributed by atoms with Crippen LogP contribution in [0.2, 0.25) is 0 Å². The molecular formula is C16H14F2N2O4. The predicted molar refractivity (Wildman–Crippen MR) is 83.2 cm³/mol. The molecule has 0 radical (unpaired) electrons. The molecule has 6 nitrogen and oxygen atoms in total. The Kier molecular flexibility index (Phi) is 5.41. The molecule has 0 fully saturated rings. The largest absolute Gasteiger partial charge is 0.465 e. The van der Waals surface area contributed by atoms with Crippen molar-refractivity contribution in [1.82, 2.24) is 0 Å². The number of nitrogens with one attached hydrogen (secondary N) is 1. The van der Waals surface area contributed by atoms with Gasteiger partial charge in [-0.2, -0.15) is 0 Å². The highest BCUT2D eigenvalue weighted by Gasteiger charge is 2.21. The van der Waals surface area contributed by atoms with E-state index in [1.807, 2.05) is 0 Å². The van der Waals surface area contributed by atoms with Gasteiger partial charge in [-0.15, -0.1) is 0 Å². The van der Waals surface area contributed by atoms with Crippen LogP contribution in [0, 0.1) is 10.1 Å². The Labute approximate surface area is 136 Å². The molecule has 0 unspecified atom stereocenters. The van der Waals surface area contributed by atoms with Crippen molar-refractivity contribution in [1.29, 1.82) is 0 Å². The zero-order valence-corrected chi connectivity index (χ0v) is 12.7. The lowest BCUT2D eigenvalue weighted by atomic mass is 10.1. The van der Waals surface area contributed by atoms with E-state index in [2.05, 4.69) is 10.1 Å². The lowest BCUT2D eigenvalue weighted by Crippen LogP contribution is -2.07. The van der Waals surface area contributed by atoms with Crippen LogP contribution >= 0.6 is 0 Å². The number of alkyl halides is 2. The zero-order chi connectivity index (χ0) is 17.7. The first-order chi connectivity index (χ1) is 11.4. The first kappa shape index (κ1) is 17.3. The van der Waals surface area contributed by atoms with Crippen molar-refractivity contribution in [3.63, 3.8) is 0 Å². The first-order valence-corrected chi connectivity index (χ1v) is 6.90. The minimum Gasteiger partial charge on any atom is -0.465 e. The number of hydrogen-bond donors (Lipinski definition) is 1. The van der Waals surface area contributed by atoms with Crippen LogP contribution in [0.5, 0.6) is 0 Å². The first-order valence-electron chi connectivity index (χ1n) is 6.90. The second-order valence-corrected chi connectivity index (χ2v) is 4.88. The van der Waals surface area contributed by atoms with Crippen LogP contribution in [0.25, 0.3) is 0 Å². The molecule has 1 N–H and O–H groups in total. The van der Waals surface area contributed by atoms with Crippen LogP contribution in [0.15, 0.2) is 42.5 Å². The molecule has 0 saturated heterocycles. The Morgan fingerprint density at radius 1 is 1.25 bits per heavy atom. The molecule has 2 aromatic rings. The number of carbonyl (C=O) groups excluding carboxylic acids is 1. The molecule has 0 heterocycles. The number of nitro benzene ring substituents is 1. The van der Waals surface area contributed by atoms with E-state index in [1.165, 1.54) is 30.3 Å². The van der Waals surface area contributed by atoms with Crippen molar-refractivity contribution in [2.24, 2.45) is 0 Å². The third kappa shape index (κ3) is 4.03. The third-order valence-corrected chi connectivity index (χ3v) is 3.33. The summed E-state index contributed by atoms with van der Waals surface area (Å²) in [6.07, 6.45) is -2.52. The van der Waals surface area contributed by atoms with Crippen LogP contribution in [0.3, 0.4) is 0 Å². The van der Waals surface area contributed by atoms with Crippen molar-refractivity contribution >= 4 is 17.3 Å². The van der Waals surface area contributed by atoms with E-state index in [9.17, 15) is 23.7 Å². The normalized spacial score (nSPS) is 10.5. The minimum atomic E-state index is -2.52. The molecule has 0 amide bonds. The molecule has 0 bridgehead atoms. The van der Waals surface area contributed by atoms with Gasteiger partial charge in [-0.05, 0) is 17.7 Å². The summed E-state index contributed by atoms with van der Waals surface area (Å²) in [4.78, 5) is 21.9. The molecule has 0 aliphatic carbocycles. The second kappa shape index (κ2) is 7.49. The summed E-state index contributed by atoms with van der Waals surface area (Å²) in [5, 5.41) is 13.9. The van der Waals surface area contributed by atoms with Crippen molar-refractivity contribution in [2.45, 2.75) is 13.0 Å². The van der Waals surface area contributed by atoms with E-state index in [1.54, 1.807) is 12.1 Å². The average Bonchev–Trinajstić information content (AvgIpc) is 2.59. The number of anilines is 1. The number of methoxy groups -OCH3 is 1. The summed E-state index contributed by atoms with van der Waals surface area (Å²) in [6, 6.07) is 9.75. The van der Waals surface area contributed by atoms with Crippen LogP contribution in [0.4, 0.5) is 20.2 Å². The summed E-state index contributed by atoms with van der Waals surface area (Å²) in [7, 11) is 1.14. The average molecular weight is 336 g/mol. The van der Waals surface area contributed by atoms with Gasteiger partial charge >= 0.3 is 5.97 Å². The summed E-state index contributed by atoms with van der Waals surface area (Å²) < 4.78 is 29.5.